The van der Waals surface area contributed by atoms with Crippen molar-refractivity contribution in [2.45, 2.75) is 0 Å². The van der Waals surface area contributed by atoms with Crippen LogP contribution in [0.3, 0.4) is 0 Å². The Bertz CT molecular complexity index is 1520. The Balaban J connectivity index is 1.67. The number of halogens is 1. The van der Waals surface area contributed by atoms with Gasteiger partial charge < -0.3 is 4.42 Å². The third-order valence-corrected chi connectivity index (χ3v) is 6.07. The summed E-state index contributed by atoms with van der Waals surface area (Å²) in [4.78, 5) is 14.6. The number of benzene rings is 4. The first kappa shape index (κ1) is 18.9. The summed E-state index contributed by atoms with van der Waals surface area (Å²) in [6.07, 6.45) is 0. The lowest BCUT2D eigenvalue weighted by molar-refractivity contribution is 0.669. The number of hydrogen-bond acceptors (Lipinski definition) is 4. The molecule has 2 heterocycles. The molecule has 2 aromatic heterocycles. The van der Waals surface area contributed by atoms with E-state index >= 15 is 0 Å². The maximum absolute atomic E-state index is 6.12. The van der Waals surface area contributed by atoms with E-state index in [2.05, 4.69) is 15.9 Å². The van der Waals surface area contributed by atoms with Gasteiger partial charge in [-0.1, -0.05) is 94.8 Å². The maximum Gasteiger partial charge on any atom is 0.164 e. The number of aromatic nitrogens is 3. The number of furan rings is 1. The third kappa shape index (κ3) is 3.18. The van der Waals surface area contributed by atoms with Crippen LogP contribution in [0.4, 0.5) is 0 Å². The van der Waals surface area contributed by atoms with Crippen molar-refractivity contribution in [2.24, 2.45) is 0 Å². The Kier molecular flexibility index (Phi) is 4.55. The van der Waals surface area contributed by atoms with E-state index in [-0.39, 0.29) is 0 Å². The van der Waals surface area contributed by atoms with Crippen LogP contribution in [0, 0.1) is 0 Å². The van der Waals surface area contributed by atoms with Gasteiger partial charge in [-0.15, -0.1) is 0 Å². The van der Waals surface area contributed by atoms with Gasteiger partial charge in [-0.2, -0.15) is 0 Å². The summed E-state index contributed by atoms with van der Waals surface area (Å²) in [7, 11) is 0. The molecule has 0 spiro atoms. The van der Waals surface area contributed by atoms with Crippen molar-refractivity contribution in [1.82, 2.24) is 15.0 Å². The molecular formula is C27H16BrN3O. The van der Waals surface area contributed by atoms with Gasteiger partial charge in [0.15, 0.2) is 17.5 Å². The van der Waals surface area contributed by atoms with Crippen LogP contribution < -0.4 is 0 Å². The minimum absolute atomic E-state index is 0.613. The smallest absolute Gasteiger partial charge is 0.164 e. The van der Waals surface area contributed by atoms with E-state index in [9.17, 15) is 0 Å². The Morgan fingerprint density at radius 1 is 0.500 bits per heavy atom. The molecule has 0 aliphatic rings. The van der Waals surface area contributed by atoms with Crippen LogP contribution in [0.15, 0.2) is 106 Å². The molecule has 4 nitrogen and oxygen atoms in total. The number of nitrogens with zero attached hydrogens (tertiary/aromatic N) is 3. The van der Waals surface area contributed by atoms with Gasteiger partial charge in [-0.05, 0) is 18.2 Å². The van der Waals surface area contributed by atoms with Crippen molar-refractivity contribution in [2.75, 3.05) is 0 Å². The molecular weight excluding hydrogens is 462 g/mol. The minimum atomic E-state index is 0.613. The van der Waals surface area contributed by atoms with Crippen molar-refractivity contribution in [3.05, 3.63) is 102 Å². The van der Waals surface area contributed by atoms with E-state index in [4.69, 9.17) is 19.4 Å². The molecule has 0 aliphatic heterocycles. The Morgan fingerprint density at radius 3 is 1.66 bits per heavy atom. The zero-order valence-corrected chi connectivity index (χ0v) is 18.5. The minimum Gasteiger partial charge on any atom is -0.456 e. The first-order valence-corrected chi connectivity index (χ1v) is 11.0. The zero-order chi connectivity index (χ0) is 21.5. The summed E-state index contributed by atoms with van der Waals surface area (Å²) in [5, 5.41) is 2.00. The van der Waals surface area contributed by atoms with Crippen molar-refractivity contribution >= 4 is 37.9 Å². The Hall–Kier alpha value is -3.83. The first-order chi connectivity index (χ1) is 15.8. The van der Waals surface area contributed by atoms with Crippen LogP contribution >= 0.6 is 15.9 Å². The Labute approximate surface area is 192 Å². The highest BCUT2D eigenvalue weighted by Gasteiger charge is 2.18. The molecule has 0 N–H and O–H groups in total. The van der Waals surface area contributed by atoms with Gasteiger partial charge in [0.25, 0.3) is 0 Å². The highest BCUT2D eigenvalue weighted by Crippen LogP contribution is 2.39. The molecule has 0 amide bonds. The molecule has 0 fully saturated rings. The molecule has 4 aromatic carbocycles. The van der Waals surface area contributed by atoms with Crippen molar-refractivity contribution in [3.8, 4) is 34.2 Å². The molecule has 0 unspecified atom stereocenters. The molecule has 152 valence electrons. The summed E-state index contributed by atoms with van der Waals surface area (Å²) >= 11 is 3.69. The van der Waals surface area contributed by atoms with Gasteiger partial charge >= 0.3 is 0 Å². The molecule has 0 radical (unpaired) electrons. The molecule has 6 aromatic rings. The van der Waals surface area contributed by atoms with E-state index in [1.807, 2.05) is 97.1 Å². The van der Waals surface area contributed by atoms with E-state index in [1.165, 1.54) is 0 Å². The normalized spacial score (nSPS) is 11.3. The molecule has 0 aliphatic carbocycles. The van der Waals surface area contributed by atoms with Crippen LogP contribution in [0.25, 0.3) is 56.1 Å². The Morgan fingerprint density at radius 2 is 1.03 bits per heavy atom. The fourth-order valence-corrected chi connectivity index (χ4v) is 4.49. The van der Waals surface area contributed by atoms with E-state index in [0.717, 1.165) is 43.1 Å². The van der Waals surface area contributed by atoms with Gasteiger partial charge in [0.2, 0.25) is 0 Å². The lowest BCUT2D eigenvalue weighted by atomic mass is 10.1. The van der Waals surface area contributed by atoms with E-state index < -0.39 is 0 Å². The molecule has 0 saturated heterocycles. The fraction of sp³-hybridized carbons (Fsp3) is 0. The maximum atomic E-state index is 6.12. The summed E-state index contributed by atoms with van der Waals surface area (Å²) in [5.41, 5.74) is 4.41. The predicted octanol–water partition coefficient (Wildman–Crippen LogP) is 7.53. The number of fused-ring (bicyclic) bond motifs is 3. The second-order valence-corrected chi connectivity index (χ2v) is 8.29. The predicted molar refractivity (Wildman–Crippen MR) is 131 cm³/mol. The first-order valence-electron chi connectivity index (χ1n) is 10.2. The quantitative estimate of drug-likeness (QED) is 0.264. The number of rotatable bonds is 3. The SMILES string of the molecule is Brc1cccc2oc3cccc(-c4nc(-c5ccccc5)nc(-c5ccccc5)n4)c3c12. The average molecular weight is 478 g/mol. The van der Waals surface area contributed by atoms with E-state index in [0.29, 0.717) is 17.5 Å². The second kappa shape index (κ2) is 7.70. The molecule has 0 atom stereocenters. The average Bonchev–Trinajstić information content (AvgIpc) is 3.25. The monoisotopic (exact) mass is 477 g/mol. The standard InChI is InChI=1S/C27H16BrN3O/c28-20-14-8-16-22-24(20)23-19(13-7-15-21(23)32-22)27-30-25(17-9-3-1-4-10-17)29-26(31-27)18-11-5-2-6-12-18/h1-16H. The molecule has 6 rings (SSSR count). The second-order valence-electron chi connectivity index (χ2n) is 7.43. The van der Waals surface area contributed by atoms with Gasteiger partial charge in [-0.3, -0.25) is 0 Å². The van der Waals surface area contributed by atoms with Crippen LogP contribution in [0.5, 0.6) is 0 Å². The van der Waals surface area contributed by atoms with Crippen LogP contribution in [-0.4, -0.2) is 15.0 Å². The molecule has 32 heavy (non-hydrogen) atoms. The highest BCUT2D eigenvalue weighted by molar-refractivity contribution is 9.10. The van der Waals surface area contributed by atoms with Gasteiger partial charge in [0, 0.05) is 31.9 Å². The highest BCUT2D eigenvalue weighted by atomic mass is 79.9. The third-order valence-electron chi connectivity index (χ3n) is 5.41. The van der Waals surface area contributed by atoms with Crippen LogP contribution in [0.1, 0.15) is 0 Å². The van der Waals surface area contributed by atoms with Crippen molar-refractivity contribution in [3.63, 3.8) is 0 Å². The summed E-state index contributed by atoms with van der Waals surface area (Å²) in [6, 6.07) is 31.9. The summed E-state index contributed by atoms with van der Waals surface area (Å²) < 4.78 is 7.10. The van der Waals surface area contributed by atoms with Crippen molar-refractivity contribution < 1.29 is 4.42 Å². The van der Waals surface area contributed by atoms with Crippen molar-refractivity contribution in [1.29, 1.82) is 0 Å². The van der Waals surface area contributed by atoms with E-state index in [1.54, 1.807) is 0 Å². The van der Waals surface area contributed by atoms with Gasteiger partial charge in [0.1, 0.15) is 11.2 Å². The lowest BCUT2D eigenvalue weighted by Gasteiger charge is -2.09. The number of hydrogen-bond donors (Lipinski definition) is 0. The summed E-state index contributed by atoms with van der Waals surface area (Å²) in [6.45, 7) is 0. The lowest BCUT2D eigenvalue weighted by Crippen LogP contribution is -2.00. The molecule has 0 saturated carbocycles. The van der Waals surface area contributed by atoms with Crippen LogP contribution in [0.2, 0.25) is 0 Å². The van der Waals surface area contributed by atoms with Gasteiger partial charge in [-0.25, -0.2) is 15.0 Å². The van der Waals surface area contributed by atoms with Gasteiger partial charge in [0.05, 0.1) is 0 Å². The largest absolute Gasteiger partial charge is 0.456 e. The summed E-state index contributed by atoms with van der Waals surface area (Å²) in [5.74, 6) is 1.89. The molecule has 5 heteroatoms. The molecule has 0 bridgehead atoms. The fourth-order valence-electron chi connectivity index (χ4n) is 3.94. The zero-order valence-electron chi connectivity index (χ0n) is 16.9. The van der Waals surface area contributed by atoms with Crippen LogP contribution in [-0.2, 0) is 0 Å². The topological polar surface area (TPSA) is 51.8 Å².